The van der Waals surface area contributed by atoms with E-state index in [2.05, 4.69) is 24.5 Å². The molecule has 0 fully saturated rings. The molecule has 0 unspecified atom stereocenters. The van der Waals surface area contributed by atoms with Gasteiger partial charge in [0.05, 0.1) is 26.1 Å². The van der Waals surface area contributed by atoms with E-state index in [9.17, 15) is 14.4 Å². The fourth-order valence-corrected chi connectivity index (χ4v) is 3.36. The van der Waals surface area contributed by atoms with E-state index in [1.807, 2.05) is 13.8 Å². The van der Waals surface area contributed by atoms with Crippen molar-refractivity contribution in [1.29, 1.82) is 0 Å². The molecule has 0 rings (SSSR count). The summed E-state index contributed by atoms with van der Waals surface area (Å²) in [5.41, 5.74) is -0.465. The van der Waals surface area contributed by atoms with E-state index in [0.717, 1.165) is 25.8 Å². The number of carbonyl (C=O) groups is 3. The second kappa shape index (κ2) is 20.9. The van der Waals surface area contributed by atoms with Crippen LogP contribution in [0.4, 0.5) is 0 Å². The van der Waals surface area contributed by atoms with Crippen molar-refractivity contribution in [1.82, 2.24) is 10.6 Å². The summed E-state index contributed by atoms with van der Waals surface area (Å²) in [5, 5.41) is 5.91. The summed E-state index contributed by atoms with van der Waals surface area (Å²) in [6.07, 6.45) is 12.8. The van der Waals surface area contributed by atoms with Crippen LogP contribution in [0, 0.1) is 5.41 Å². The molecule has 33 heavy (non-hydrogen) atoms. The molecule has 0 saturated carbocycles. The van der Waals surface area contributed by atoms with Crippen LogP contribution in [0.3, 0.4) is 0 Å². The molecular formula is C26H50N2O5. The van der Waals surface area contributed by atoms with E-state index in [1.54, 1.807) is 0 Å². The van der Waals surface area contributed by atoms with Crippen LogP contribution in [0.5, 0.6) is 0 Å². The molecule has 0 aromatic carbocycles. The van der Waals surface area contributed by atoms with Gasteiger partial charge in [0.1, 0.15) is 0 Å². The van der Waals surface area contributed by atoms with Crippen molar-refractivity contribution in [3.05, 3.63) is 0 Å². The van der Waals surface area contributed by atoms with E-state index >= 15 is 0 Å². The topological polar surface area (TPSA) is 93.7 Å². The smallest absolute Gasteiger partial charge is 0.307 e. The van der Waals surface area contributed by atoms with Gasteiger partial charge in [0, 0.05) is 24.9 Å². The predicted molar refractivity (Wildman–Crippen MR) is 133 cm³/mol. The highest BCUT2D eigenvalue weighted by Crippen LogP contribution is 2.20. The van der Waals surface area contributed by atoms with Gasteiger partial charge in [-0.1, -0.05) is 79.1 Å². The molecule has 0 aliphatic heterocycles. The number of amides is 1. The molecule has 0 aromatic heterocycles. The number of hydrogen-bond donors (Lipinski definition) is 2. The highest BCUT2D eigenvalue weighted by atomic mass is 16.5. The summed E-state index contributed by atoms with van der Waals surface area (Å²) in [6, 6.07) is 0. The Bertz CT molecular complexity index is 523. The monoisotopic (exact) mass is 470 g/mol. The summed E-state index contributed by atoms with van der Waals surface area (Å²) in [5.74, 6) is -0.700. The van der Waals surface area contributed by atoms with Gasteiger partial charge in [-0.3, -0.25) is 14.4 Å². The number of ether oxygens (including phenoxy) is 2. The van der Waals surface area contributed by atoms with Crippen molar-refractivity contribution in [2.45, 2.75) is 111 Å². The Morgan fingerprint density at radius 3 is 1.91 bits per heavy atom. The Kier molecular flexibility index (Phi) is 19.9. The maximum absolute atomic E-state index is 12.2. The van der Waals surface area contributed by atoms with E-state index in [4.69, 9.17) is 9.47 Å². The van der Waals surface area contributed by atoms with Crippen molar-refractivity contribution in [3.8, 4) is 0 Å². The lowest BCUT2D eigenvalue weighted by molar-refractivity contribution is -0.148. The van der Waals surface area contributed by atoms with Gasteiger partial charge in [-0.25, -0.2) is 0 Å². The van der Waals surface area contributed by atoms with E-state index in [0.29, 0.717) is 19.6 Å². The number of carbonyl (C=O) groups excluding carboxylic acids is 3. The zero-order valence-electron chi connectivity index (χ0n) is 21.8. The van der Waals surface area contributed by atoms with Crippen LogP contribution in [-0.2, 0) is 23.9 Å². The van der Waals surface area contributed by atoms with Crippen LogP contribution in [0.1, 0.15) is 111 Å². The van der Waals surface area contributed by atoms with Gasteiger partial charge in [-0.2, -0.15) is 0 Å². The SMILES string of the molecule is CCCCCCCCCCCOC(=O)CCNC(=O)CC(C)(C)COC(=O)CCNCCC. The number of nitrogens with one attached hydrogen (secondary N) is 2. The van der Waals surface area contributed by atoms with Gasteiger partial charge in [0.2, 0.25) is 5.91 Å². The summed E-state index contributed by atoms with van der Waals surface area (Å²) >= 11 is 0. The molecular weight excluding hydrogens is 420 g/mol. The molecule has 7 nitrogen and oxygen atoms in total. The summed E-state index contributed by atoms with van der Waals surface area (Å²) in [7, 11) is 0. The molecule has 0 aliphatic carbocycles. The minimum atomic E-state index is -0.465. The highest BCUT2D eigenvalue weighted by molar-refractivity contribution is 5.77. The number of esters is 2. The summed E-state index contributed by atoms with van der Waals surface area (Å²) in [4.78, 5) is 35.8. The molecule has 0 heterocycles. The van der Waals surface area contributed by atoms with Gasteiger partial charge in [-0.15, -0.1) is 0 Å². The molecule has 0 atom stereocenters. The van der Waals surface area contributed by atoms with Crippen molar-refractivity contribution < 1.29 is 23.9 Å². The molecule has 0 saturated heterocycles. The largest absolute Gasteiger partial charge is 0.466 e. The lowest BCUT2D eigenvalue weighted by Crippen LogP contribution is -2.33. The molecule has 7 heteroatoms. The van der Waals surface area contributed by atoms with Crippen molar-refractivity contribution in [2.75, 3.05) is 32.8 Å². The Morgan fingerprint density at radius 1 is 0.697 bits per heavy atom. The van der Waals surface area contributed by atoms with Gasteiger partial charge >= 0.3 is 11.9 Å². The third-order valence-corrected chi connectivity index (χ3v) is 5.36. The molecule has 0 radical (unpaired) electrons. The first-order chi connectivity index (χ1) is 15.8. The molecule has 0 aromatic rings. The van der Waals surface area contributed by atoms with Crippen molar-refractivity contribution in [3.63, 3.8) is 0 Å². The first-order valence-electron chi connectivity index (χ1n) is 13.1. The Balaban J connectivity index is 3.71. The molecule has 194 valence electrons. The average Bonchev–Trinajstić information content (AvgIpc) is 2.76. The van der Waals surface area contributed by atoms with Crippen LogP contribution in [0.25, 0.3) is 0 Å². The van der Waals surface area contributed by atoms with Gasteiger partial charge in [0.15, 0.2) is 0 Å². The first kappa shape index (κ1) is 31.4. The quantitative estimate of drug-likeness (QED) is 0.172. The maximum atomic E-state index is 12.2. The average molecular weight is 471 g/mol. The number of unbranched alkanes of at least 4 members (excludes halogenated alkanes) is 8. The standard InChI is InChI=1S/C26H50N2O5/c1-5-7-8-9-10-11-12-13-14-20-32-24(30)16-19-28-23(29)21-26(3,4)22-33-25(31)15-18-27-17-6-2/h27H,5-22H2,1-4H3,(H,28,29). The number of hydrogen-bond acceptors (Lipinski definition) is 6. The van der Waals surface area contributed by atoms with Gasteiger partial charge in [-0.05, 0) is 19.4 Å². The van der Waals surface area contributed by atoms with Gasteiger partial charge < -0.3 is 20.1 Å². The van der Waals surface area contributed by atoms with Crippen LogP contribution in [-0.4, -0.2) is 50.7 Å². The van der Waals surface area contributed by atoms with E-state index in [1.165, 1.54) is 44.9 Å². The summed E-state index contributed by atoms with van der Waals surface area (Å²) in [6.45, 7) is 10.4. The summed E-state index contributed by atoms with van der Waals surface area (Å²) < 4.78 is 10.5. The zero-order valence-corrected chi connectivity index (χ0v) is 21.8. The minimum absolute atomic E-state index is 0.160. The third-order valence-electron chi connectivity index (χ3n) is 5.36. The lowest BCUT2D eigenvalue weighted by atomic mass is 9.90. The molecule has 2 N–H and O–H groups in total. The minimum Gasteiger partial charge on any atom is -0.466 e. The second-order valence-electron chi connectivity index (χ2n) is 9.65. The fourth-order valence-electron chi connectivity index (χ4n) is 3.36. The Hall–Kier alpha value is -1.63. The molecule has 0 bridgehead atoms. The van der Waals surface area contributed by atoms with Crippen LogP contribution >= 0.6 is 0 Å². The highest BCUT2D eigenvalue weighted by Gasteiger charge is 2.24. The van der Waals surface area contributed by atoms with Crippen molar-refractivity contribution >= 4 is 17.8 Å². The molecule has 1 amide bonds. The fraction of sp³-hybridized carbons (Fsp3) is 0.885. The third kappa shape index (κ3) is 22.0. The van der Waals surface area contributed by atoms with E-state index in [-0.39, 0.29) is 43.8 Å². The van der Waals surface area contributed by atoms with E-state index < -0.39 is 5.41 Å². The first-order valence-corrected chi connectivity index (χ1v) is 13.1. The van der Waals surface area contributed by atoms with Crippen molar-refractivity contribution in [2.24, 2.45) is 5.41 Å². The van der Waals surface area contributed by atoms with Crippen LogP contribution < -0.4 is 10.6 Å². The van der Waals surface area contributed by atoms with Crippen LogP contribution in [0.15, 0.2) is 0 Å². The second-order valence-corrected chi connectivity index (χ2v) is 9.65. The Morgan fingerprint density at radius 2 is 1.27 bits per heavy atom. The normalized spacial score (nSPS) is 11.3. The predicted octanol–water partition coefficient (Wildman–Crippen LogP) is 4.92. The lowest BCUT2D eigenvalue weighted by Gasteiger charge is -2.23. The zero-order chi connectivity index (χ0) is 24.8. The number of rotatable bonds is 22. The van der Waals surface area contributed by atoms with Gasteiger partial charge in [0.25, 0.3) is 0 Å². The molecule has 0 aliphatic rings. The maximum Gasteiger partial charge on any atom is 0.307 e. The Labute approximate surface area is 202 Å². The van der Waals surface area contributed by atoms with Crippen LogP contribution in [0.2, 0.25) is 0 Å². The molecule has 0 spiro atoms.